The summed E-state index contributed by atoms with van der Waals surface area (Å²) in [4.78, 5) is 0. The van der Waals surface area contributed by atoms with E-state index in [0.717, 1.165) is 28.3 Å². The van der Waals surface area contributed by atoms with E-state index in [2.05, 4.69) is 64.1 Å². The van der Waals surface area contributed by atoms with Gasteiger partial charge in [0.15, 0.2) is 0 Å². The van der Waals surface area contributed by atoms with Gasteiger partial charge in [0.1, 0.15) is 0 Å². The molecular weight excluding hydrogens is 334 g/mol. The molecule has 0 saturated carbocycles. The van der Waals surface area contributed by atoms with Gasteiger partial charge >= 0.3 is 0 Å². The SMILES string of the molecule is Nc1ccc(NN2C=Cc3cnn(-c4cccc5ccccc45)c3C2)cc1. The fraction of sp³-hybridized carbons (Fsp3) is 0.0455. The molecule has 1 aliphatic heterocycles. The molecule has 0 saturated heterocycles. The molecule has 2 heterocycles. The normalized spacial score (nSPS) is 13.0. The molecule has 1 aliphatic rings. The van der Waals surface area contributed by atoms with Gasteiger partial charge in [0.2, 0.25) is 0 Å². The molecule has 3 aromatic carbocycles. The average Bonchev–Trinajstić information content (AvgIpc) is 3.12. The molecule has 0 unspecified atom stereocenters. The van der Waals surface area contributed by atoms with Crippen molar-refractivity contribution in [2.45, 2.75) is 6.54 Å². The van der Waals surface area contributed by atoms with Gasteiger partial charge in [0.25, 0.3) is 0 Å². The van der Waals surface area contributed by atoms with E-state index in [9.17, 15) is 0 Å². The standard InChI is InChI=1S/C22H19N5/c23-18-8-10-19(11-9-18)25-26-13-12-17-14-24-27(22(17)15-26)21-7-3-5-16-4-1-2-6-20(16)21/h1-14,25H,15,23H2. The summed E-state index contributed by atoms with van der Waals surface area (Å²) < 4.78 is 2.04. The summed E-state index contributed by atoms with van der Waals surface area (Å²) in [5.74, 6) is 0. The maximum absolute atomic E-state index is 5.77. The molecule has 0 atom stereocenters. The zero-order chi connectivity index (χ0) is 18.2. The number of aromatic nitrogens is 2. The van der Waals surface area contributed by atoms with Crippen molar-refractivity contribution in [2.75, 3.05) is 11.2 Å². The van der Waals surface area contributed by atoms with Crippen LogP contribution in [0, 0.1) is 0 Å². The zero-order valence-corrected chi connectivity index (χ0v) is 14.7. The predicted molar refractivity (Wildman–Crippen MR) is 110 cm³/mol. The topological polar surface area (TPSA) is 59.1 Å². The minimum atomic E-state index is 0.708. The molecule has 0 aliphatic carbocycles. The largest absolute Gasteiger partial charge is 0.399 e. The lowest BCUT2D eigenvalue weighted by Crippen LogP contribution is -2.27. The summed E-state index contributed by atoms with van der Waals surface area (Å²) in [6.45, 7) is 0.708. The van der Waals surface area contributed by atoms with Crippen LogP contribution in [-0.4, -0.2) is 14.8 Å². The van der Waals surface area contributed by atoms with Crippen LogP contribution >= 0.6 is 0 Å². The molecule has 5 heteroatoms. The van der Waals surface area contributed by atoms with E-state index in [1.165, 1.54) is 10.8 Å². The van der Waals surface area contributed by atoms with Crippen LogP contribution in [0.4, 0.5) is 11.4 Å². The van der Waals surface area contributed by atoms with Crippen LogP contribution in [-0.2, 0) is 6.54 Å². The van der Waals surface area contributed by atoms with Crippen molar-refractivity contribution >= 4 is 28.2 Å². The Morgan fingerprint density at radius 2 is 1.74 bits per heavy atom. The molecular formula is C22H19N5. The minimum absolute atomic E-state index is 0.708. The van der Waals surface area contributed by atoms with E-state index in [1.807, 2.05) is 41.3 Å². The number of benzene rings is 3. The van der Waals surface area contributed by atoms with Crippen LogP contribution in [0.25, 0.3) is 22.5 Å². The Morgan fingerprint density at radius 1 is 0.926 bits per heavy atom. The highest BCUT2D eigenvalue weighted by Gasteiger charge is 2.18. The molecule has 3 N–H and O–H groups in total. The second-order valence-electron chi connectivity index (χ2n) is 6.63. The quantitative estimate of drug-likeness (QED) is 0.535. The van der Waals surface area contributed by atoms with E-state index in [4.69, 9.17) is 5.73 Å². The first-order valence-corrected chi connectivity index (χ1v) is 8.90. The lowest BCUT2D eigenvalue weighted by atomic mass is 10.1. The molecule has 0 spiro atoms. The van der Waals surface area contributed by atoms with Crippen molar-refractivity contribution in [1.82, 2.24) is 14.8 Å². The number of rotatable bonds is 3. The maximum atomic E-state index is 5.77. The first kappa shape index (κ1) is 15.5. The predicted octanol–water partition coefficient (Wildman–Crippen LogP) is 4.42. The summed E-state index contributed by atoms with van der Waals surface area (Å²) in [6, 6.07) is 22.4. The van der Waals surface area contributed by atoms with Crippen molar-refractivity contribution in [3.8, 4) is 5.69 Å². The summed E-state index contributed by atoms with van der Waals surface area (Å²) >= 11 is 0. The van der Waals surface area contributed by atoms with Gasteiger partial charge in [-0.1, -0.05) is 36.4 Å². The molecule has 0 fully saturated rings. The number of fused-ring (bicyclic) bond motifs is 2. The summed E-state index contributed by atoms with van der Waals surface area (Å²) in [5.41, 5.74) is 14.3. The minimum Gasteiger partial charge on any atom is -0.399 e. The van der Waals surface area contributed by atoms with Crippen LogP contribution in [0.2, 0.25) is 0 Å². The Morgan fingerprint density at radius 3 is 2.63 bits per heavy atom. The molecule has 4 aromatic rings. The van der Waals surface area contributed by atoms with Gasteiger partial charge < -0.3 is 5.73 Å². The number of hydrogen-bond acceptors (Lipinski definition) is 4. The molecule has 27 heavy (non-hydrogen) atoms. The van der Waals surface area contributed by atoms with E-state index in [0.29, 0.717) is 6.54 Å². The first-order chi connectivity index (χ1) is 13.3. The maximum Gasteiger partial charge on any atom is 0.0817 e. The highest BCUT2D eigenvalue weighted by molar-refractivity contribution is 5.90. The van der Waals surface area contributed by atoms with Gasteiger partial charge in [-0.2, -0.15) is 5.10 Å². The Kier molecular flexibility index (Phi) is 3.57. The smallest absolute Gasteiger partial charge is 0.0817 e. The Bertz CT molecular complexity index is 1140. The number of nitrogens with one attached hydrogen (secondary N) is 1. The van der Waals surface area contributed by atoms with Gasteiger partial charge in [-0.25, -0.2) is 4.68 Å². The number of nitrogen functional groups attached to an aromatic ring is 1. The number of anilines is 2. The van der Waals surface area contributed by atoms with Crippen LogP contribution in [0.1, 0.15) is 11.3 Å². The van der Waals surface area contributed by atoms with Crippen LogP contribution in [0.3, 0.4) is 0 Å². The van der Waals surface area contributed by atoms with Crippen LogP contribution in [0.15, 0.2) is 79.1 Å². The highest BCUT2D eigenvalue weighted by Crippen LogP contribution is 2.27. The number of nitrogens with zero attached hydrogens (tertiary/aromatic N) is 3. The second-order valence-corrected chi connectivity index (χ2v) is 6.63. The fourth-order valence-electron chi connectivity index (χ4n) is 3.47. The molecule has 1 aromatic heterocycles. The van der Waals surface area contributed by atoms with Crippen molar-refractivity contribution < 1.29 is 0 Å². The molecule has 0 bridgehead atoms. The zero-order valence-electron chi connectivity index (χ0n) is 14.7. The molecule has 0 radical (unpaired) electrons. The summed E-state index contributed by atoms with van der Waals surface area (Å²) in [6.07, 6.45) is 6.04. The van der Waals surface area contributed by atoms with Crippen LogP contribution in [0.5, 0.6) is 0 Å². The third-order valence-electron chi connectivity index (χ3n) is 4.83. The fourth-order valence-corrected chi connectivity index (χ4v) is 3.47. The lowest BCUT2D eigenvalue weighted by Gasteiger charge is -2.26. The van der Waals surface area contributed by atoms with Gasteiger partial charge in [0, 0.05) is 22.8 Å². The highest BCUT2D eigenvalue weighted by atomic mass is 15.5. The van der Waals surface area contributed by atoms with E-state index in [-0.39, 0.29) is 0 Å². The monoisotopic (exact) mass is 353 g/mol. The molecule has 5 nitrogen and oxygen atoms in total. The van der Waals surface area contributed by atoms with Gasteiger partial charge in [-0.15, -0.1) is 0 Å². The molecule has 0 amide bonds. The average molecular weight is 353 g/mol. The van der Waals surface area contributed by atoms with Crippen molar-refractivity contribution in [3.05, 3.63) is 90.4 Å². The van der Waals surface area contributed by atoms with Gasteiger partial charge in [0.05, 0.1) is 29.8 Å². The molecule has 132 valence electrons. The first-order valence-electron chi connectivity index (χ1n) is 8.90. The van der Waals surface area contributed by atoms with Crippen molar-refractivity contribution in [2.24, 2.45) is 0 Å². The summed E-state index contributed by atoms with van der Waals surface area (Å²) in [7, 11) is 0. The van der Waals surface area contributed by atoms with Crippen molar-refractivity contribution in [1.29, 1.82) is 0 Å². The Balaban J connectivity index is 1.50. The van der Waals surface area contributed by atoms with Crippen molar-refractivity contribution in [3.63, 3.8) is 0 Å². The van der Waals surface area contributed by atoms with Gasteiger partial charge in [-0.05, 0) is 41.8 Å². The van der Waals surface area contributed by atoms with E-state index < -0.39 is 0 Å². The van der Waals surface area contributed by atoms with E-state index in [1.54, 1.807) is 0 Å². The Labute approximate surface area is 157 Å². The third kappa shape index (κ3) is 2.79. The van der Waals surface area contributed by atoms with E-state index >= 15 is 0 Å². The Hall–Kier alpha value is -3.73. The second kappa shape index (κ2) is 6.21. The number of hydrazine groups is 1. The lowest BCUT2D eigenvalue weighted by molar-refractivity contribution is 0.427. The summed E-state index contributed by atoms with van der Waals surface area (Å²) in [5, 5.41) is 9.12. The third-order valence-corrected chi connectivity index (χ3v) is 4.83. The molecule has 5 rings (SSSR count). The van der Waals surface area contributed by atoms with Gasteiger partial charge in [-0.3, -0.25) is 10.4 Å². The number of hydrogen-bond donors (Lipinski definition) is 2. The number of nitrogens with two attached hydrogens (primary N) is 1. The van der Waals surface area contributed by atoms with Crippen LogP contribution < -0.4 is 11.2 Å².